The van der Waals surface area contributed by atoms with Crippen LogP contribution in [0.5, 0.6) is 0 Å². The fraction of sp³-hybridized carbons (Fsp3) is 0.545. The minimum Gasteiger partial charge on any atom is -0.472 e. The van der Waals surface area contributed by atoms with Gasteiger partial charge in [0.1, 0.15) is 5.78 Å². The summed E-state index contributed by atoms with van der Waals surface area (Å²) in [5.74, 6) is 1.39. The van der Waals surface area contributed by atoms with Crippen molar-refractivity contribution in [2.45, 2.75) is 32.1 Å². The Balaban J connectivity index is 2.17. The molecule has 0 aromatic carbocycles. The van der Waals surface area contributed by atoms with Crippen LogP contribution in [0.4, 0.5) is 0 Å². The lowest BCUT2D eigenvalue weighted by Gasteiger charge is -2.26. The highest BCUT2D eigenvalue weighted by atomic mass is 16.3. The first-order valence-electron chi connectivity index (χ1n) is 4.81. The molecule has 2 nitrogen and oxygen atoms in total. The molecular weight excluding hydrogens is 164 g/mol. The van der Waals surface area contributed by atoms with E-state index in [9.17, 15) is 4.79 Å². The number of hydrogen-bond donors (Lipinski definition) is 0. The van der Waals surface area contributed by atoms with Crippen molar-refractivity contribution in [3.05, 3.63) is 24.2 Å². The number of furan rings is 1. The van der Waals surface area contributed by atoms with Gasteiger partial charge in [0.25, 0.3) is 0 Å². The van der Waals surface area contributed by atoms with Crippen molar-refractivity contribution in [3.8, 4) is 0 Å². The normalized spacial score (nSPS) is 29.2. The number of ketones is 1. The minimum atomic E-state index is 0.389. The third-order valence-corrected chi connectivity index (χ3v) is 2.98. The van der Waals surface area contributed by atoms with Crippen molar-refractivity contribution < 1.29 is 9.21 Å². The Morgan fingerprint density at radius 3 is 3.08 bits per heavy atom. The van der Waals surface area contributed by atoms with Crippen molar-refractivity contribution in [1.82, 2.24) is 0 Å². The Kier molecular flexibility index (Phi) is 2.21. The molecule has 1 fully saturated rings. The Hall–Kier alpha value is -1.05. The first-order chi connectivity index (χ1) is 6.27. The van der Waals surface area contributed by atoms with Crippen LogP contribution in [-0.2, 0) is 4.79 Å². The summed E-state index contributed by atoms with van der Waals surface area (Å²) >= 11 is 0. The monoisotopic (exact) mass is 178 g/mol. The second-order valence-electron chi connectivity index (χ2n) is 3.92. The molecule has 0 bridgehead atoms. The highest BCUT2D eigenvalue weighted by molar-refractivity contribution is 5.80. The molecule has 1 aromatic heterocycles. The van der Waals surface area contributed by atoms with Gasteiger partial charge in [-0.05, 0) is 29.9 Å². The SMILES string of the molecule is CC1CCC(=O)CC1c1ccoc1. The zero-order valence-electron chi connectivity index (χ0n) is 7.82. The van der Waals surface area contributed by atoms with Gasteiger partial charge in [-0.15, -0.1) is 0 Å². The van der Waals surface area contributed by atoms with E-state index in [2.05, 4.69) is 6.92 Å². The summed E-state index contributed by atoms with van der Waals surface area (Å²) in [5, 5.41) is 0. The second-order valence-corrected chi connectivity index (χ2v) is 3.92. The molecule has 0 spiro atoms. The van der Waals surface area contributed by atoms with E-state index in [1.54, 1.807) is 12.5 Å². The number of Topliss-reactive ketones (excluding diaryl/α,β-unsaturated/α-hetero) is 1. The fourth-order valence-electron chi connectivity index (χ4n) is 2.07. The first kappa shape index (κ1) is 8.54. The van der Waals surface area contributed by atoms with Crippen LogP contribution in [0.2, 0.25) is 0 Å². The summed E-state index contributed by atoms with van der Waals surface area (Å²) in [7, 11) is 0. The van der Waals surface area contributed by atoms with Crippen LogP contribution in [0.15, 0.2) is 23.0 Å². The zero-order valence-corrected chi connectivity index (χ0v) is 7.82. The van der Waals surface area contributed by atoms with Crippen LogP contribution in [0.3, 0.4) is 0 Å². The van der Waals surface area contributed by atoms with Crippen LogP contribution >= 0.6 is 0 Å². The number of rotatable bonds is 1. The van der Waals surface area contributed by atoms with Crippen molar-refractivity contribution in [1.29, 1.82) is 0 Å². The maximum absolute atomic E-state index is 11.3. The van der Waals surface area contributed by atoms with E-state index in [1.807, 2.05) is 6.07 Å². The molecular formula is C11H14O2. The average Bonchev–Trinajstić information content (AvgIpc) is 2.61. The van der Waals surface area contributed by atoms with Crippen LogP contribution < -0.4 is 0 Å². The number of carbonyl (C=O) groups excluding carboxylic acids is 1. The van der Waals surface area contributed by atoms with Crippen molar-refractivity contribution in [3.63, 3.8) is 0 Å². The smallest absolute Gasteiger partial charge is 0.133 e. The number of hydrogen-bond acceptors (Lipinski definition) is 2. The van der Waals surface area contributed by atoms with Gasteiger partial charge < -0.3 is 4.42 Å². The second kappa shape index (κ2) is 3.36. The topological polar surface area (TPSA) is 30.2 Å². The maximum Gasteiger partial charge on any atom is 0.133 e. The van der Waals surface area contributed by atoms with E-state index in [0.717, 1.165) is 12.8 Å². The average molecular weight is 178 g/mol. The summed E-state index contributed by atoms with van der Waals surface area (Å²) in [6.45, 7) is 2.21. The molecule has 0 N–H and O–H groups in total. The van der Waals surface area contributed by atoms with E-state index in [-0.39, 0.29) is 0 Å². The quantitative estimate of drug-likeness (QED) is 0.661. The molecule has 0 radical (unpaired) electrons. The largest absolute Gasteiger partial charge is 0.472 e. The van der Waals surface area contributed by atoms with Crippen LogP contribution in [0.25, 0.3) is 0 Å². The Labute approximate surface area is 77.9 Å². The Morgan fingerprint density at radius 1 is 1.54 bits per heavy atom. The predicted molar refractivity (Wildman–Crippen MR) is 49.5 cm³/mol. The molecule has 2 rings (SSSR count). The molecule has 1 saturated carbocycles. The number of carbonyl (C=O) groups is 1. The van der Waals surface area contributed by atoms with Gasteiger partial charge in [-0.2, -0.15) is 0 Å². The summed E-state index contributed by atoms with van der Waals surface area (Å²) in [6.07, 6.45) is 5.92. The summed E-state index contributed by atoms with van der Waals surface area (Å²) < 4.78 is 5.04. The molecule has 1 aliphatic rings. The highest BCUT2D eigenvalue weighted by Gasteiger charge is 2.27. The Bertz CT molecular complexity index is 287. The third kappa shape index (κ3) is 1.67. The standard InChI is InChI=1S/C11H14O2/c1-8-2-3-10(12)6-11(8)9-4-5-13-7-9/h4-5,7-8,11H,2-3,6H2,1H3. The molecule has 2 atom stereocenters. The molecule has 1 aliphatic carbocycles. The van der Waals surface area contributed by atoms with Gasteiger partial charge in [-0.1, -0.05) is 6.92 Å². The first-order valence-corrected chi connectivity index (χ1v) is 4.81. The summed E-state index contributed by atoms with van der Waals surface area (Å²) in [6, 6.07) is 1.97. The predicted octanol–water partition coefficient (Wildman–Crippen LogP) is 2.75. The molecule has 0 saturated heterocycles. The lowest BCUT2D eigenvalue weighted by molar-refractivity contribution is -0.121. The molecule has 13 heavy (non-hydrogen) atoms. The fourth-order valence-corrected chi connectivity index (χ4v) is 2.07. The van der Waals surface area contributed by atoms with Crippen molar-refractivity contribution >= 4 is 5.78 Å². The maximum atomic E-state index is 11.3. The highest BCUT2D eigenvalue weighted by Crippen LogP contribution is 2.35. The van der Waals surface area contributed by atoms with Gasteiger partial charge in [-0.3, -0.25) is 4.79 Å². The van der Waals surface area contributed by atoms with E-state index >= 15 is 0 Å². The molecule has 0 aliphatic heterocycles. The van der Waals surface area contributed by atoms with Crippen molar-refractivity contribution in [2.24, 2.45) is 5.92 Å². The van der Waals surface area contributed by atoms with E-state index in [4.69, 9.17) is 4.42 Å². The summed E-state index contributed by atoms with van der Waals surface area (Å²) in [5.41, 5.74) is 1.18. The lowest BCUT2D eigenvalue weighted by Crippen LogP contribution is -2.20. The van der Waals surface area contributed by atoms with E-state index in [0.29, 0.717) is 24.0 Å². The molecule has 1 heterocycles. The van der Waals surface area contributed by atoms with Gasteiger partial charge in [0.2, 0.25) is 0 Å². The van der Waals surface area contributed by atoms with E-state index in [1.165, 1.54) is 5.56 Å². The zero-order chi connectivity index (χ0) is 9.26. The Morgan fingerprint density at radius 2 is 2.38 bits per heavy atom. The van der Waals surface area contributed by atoms with Crippen LogP contribution in [-0.4, -0.2) is 5.78 Å². The van der Waals surface area contributed by atoms with Gasteiger partial charge in [-0.25, -0.2) is 0 Å². The lowest BCUT2D eigenvalue weighted by atomic mass is 9.77. The molecule has 2 heteroatoms. The molecule has 1 aromatic rings. The minimum absolute atomic E-state index is 0.389. The van der Waals surface area contributed by atoms with Crippen LogP contribution in [0.1, 0.15) is 37.7 Å². The van der Waals surface area contributed by atoms with Gasteiger partial charge >= 0.3 is 0 Å². The molecule has 0 amide bonds. The van der Waals surface area contributed by atoms with Crippen molar-refractivity contribution in [2.75, 3.05) is 0 Å². The summed E-state index contributed by atoms with van der Waals surface area (Å²) in [4.78, 5) is 11.3. The van der Waals surface area contributed by atoms with Gasteiger partial charge in [0.05, 0.1) is 12.5 Å². The van der Waals surface area contributed by atoms with Crippen LogP contribution in [0, 0.1) is 5.92 Å². The molecule has 2 unspecified atom stereocenters. The van der Waals surface area contributed by atoms with E-state index < -0.39 is 0 Å². The van der Waals surface area contributed by atoms with Gasteiger partial charge in [0.15, 0.2) is 0 Å². The third-order valence-electron chi connectivity index (χ3n) is 2.98. The van der Waals surface area contributed by atoms with Gasteiger partial charge in [0, 0.05) is 12.8 Å². The molecule has 70 valence electrons.